The van der Waals surface area contributed by atoms with Crippen molar-refractivity contribution in [2.45, 2.75) is 40.2 Å². The summed E-state index contributed by atoms with van der Waals surface area (Å²) in [5, 5.41) is 7.91. The van der Waals surface area contributed by atoms with Crippen LogP contribution in [0.15, 0.2) is 10.9 Å². The number of nitrogens with one attached hydrogen (secondary N) is 1. The highest BCUT2D eigenvalue weighted by molar-refractivity contribution is 7.20. The van der Waals surface area contributed by atoms with Crippen molar-refractivity contribution in [1.29, 1.82) is 0 Å². The minimum atomic E-state index is -0.317. The molecule has 22 heavy (non-hydrogen) atoms. The molecule has 2 aromatic heterocycles. The molecule has 0 aliphatic heterocycles. The Morgan fingerprint density at radius 1 is 1.45 bits per heavy atom. The lowest BCUT2D eigenvalue weighted by molar-refractivity contribution is -0.147. The fourth-order valence-electron chi connectivity index (χ4n) is 1.89. The number of ether oxygens (including phenoxy) is 1. The predicted molar refractivity (Wildman–Crippen MR) is 85.4 cm³/mol. The molecule has 0 aromatic carbocycles. The van der Waals surface area contributed by atoms with Gasteiger partial charge in [0.1, 0.15) is 0 Å². The lowest BCUT2D eigenvalue weighted by Crippen LogP contribution is -2.31. The number of fused-ring (bicyclic) bond motifs is 1. The van der Waals surface area contributed by atoms with Crippen molar-refractivity contribution in [2.24, 2.45) is 5.92 Å². The van der Waals surface area contributed by atoms with Crippen molar-refractivity contribution in [2.75, 3.05) is 11.9 Å². The Bertz CT molecular complexity index is 724. The molecule has 2 rings (SSSR count). The zero-order valence-electron chi connectivity index (χ0n) is 13.1. The topological polar surface area (TPSA) is 85.6 Å². The first-order chi connectivity index (χ1) is 10.5. The molecule has 0 saturated carbocycles. The molecule has 0 radical (unpaired) electrons. The molecule has 0 unspecified atom stereocenters. The smallest absolute Gasteiger partial charge is 0.310 e. The van der Waals surface area contributed by atoms with Crippen LogP contribution in [0.5, 0.6) is 0 Å². The van der Waals surface area contributed by atoms with Crippen LogP contribution >= 0.6 is 11.3 Å². The van der Waals surface area contributed by atoms with Crippen molar-refractivity contribution < 1.29 is 9.53 Å². The third-order valence-electron chi connectivity index (χ3n) is 3.42. The molecular weight excluding hydrogens is 304 g/mol. The molecule has 0 aliphatic rings. The van der Waals surface area contributed by atoms with Crippen LogP contribution in [-0.2, 0) is 16.0 Å². The summed E-state index contributed by atoms with van der Waals surface area (Å²) in [6.45, 7) is 7.75. The number of hydrogen-bond donors (Lipinski definition) is 1. The number of nitrogens with zero attached hydrogens (tertiary/aromatic N) is 3. The Hall–Kier alpha value is -1.96. The number of esters is 1. The third kappa shape index (κ3) is 3.44. The molecule has 0 bridgehead atoms. The van der Waals surface area contributed by atoms with Gasteiger partial charge in [-0.3, -0.25) is 9.59 Å². The summed E-state index contributed by atoms with van der Waals surface area (Å²) in [5.41, 5.74) is 0.547. The van der Waals surface area contributed by atoms with Gasteiger partial charge in [0.25, 0.3) is 5.56 Å². The zero-order chi connectivity index (χ0) is 16.3. The van der Waals surface area contributed by atoms with Gasteiger partial charge in [-0.25, -0.2) is 4.98 Å². The summed E-state index contributed by atoms with van der Waals surface area (Å²) in [7, 11) is 0. The van der Waals surface area contributed by atoms with E-state index in [1.54, 1.807) is 13.8 Å². The molecule has 7 nitrogen and oxygen atoms in total. The monoisotopic (exact) mass is 324 g/mol. The van der Waals surface area contributed by atoms with E-state index >= 15 is 0 Å². The van der Waals surface area contributed by atoms with Gasteiger partial charge in [-0.1, -0.05) is 18.3 Å². The van der Waals surface area contributed by atoms with Crippen LogP contribution < -0.4 is 10.9 Å². The zero-order valence-corrected chi connectivity index (χ0v) is 13.9. The van der Waals surface area contributed by atoms with E-state index in [0.29, 0.717) is 23.1 Å². The number of carbonyl (C=O) groups is 1. The quantitative estimate of drug-likeness (QED) is 0.814. The number of aromatic nitrogens is 3. The molecule has 8 heteroatoms. The molecule has 2 aromatic rings. The molecule has 0 saturated heterocycles. The van der Waals surface area contributed by atoms with E-state index < -0.39 is 0 Å². The molecule has 0 amide bonds. The number of aryl methyl sites for hydroxylation is 1. The average molecular weight is 324 g/mol. The Kier molecular flexibility index (Phi) is 5.12. The van der Waals surface area contributed by atoms with Gasteiger partial charge < -0.3 is 10.1 Å². The van der Waals surface area contributed by atoms with E-state index in [1.807, 2.05) is 13.8 Å². The van der Waals surface area contributed by atoms with Gasteiger partial charge in [0, 0.05) is 17.8 Å². The van der Waals surface area contributed by atoms with Crippen LogP contribution in [-0.4, -0.2) is 33.2 Å². The first-order valence-corrected chi connectivity index (χ1v) is 8.10. The Morgan fingerprint density at radius 3 is 2.82 bits per heavy atom. The molecule has 0 fully saturated rings. The number of rotatable bonds is 6. The summed E-state index contributed by atoms with van der Waals surface area (Å²) in [5.74, 6) is -0.574. The first-order valence-electron chi connectivity index (χ1n) is 7.29. The lowest BCUT2D eigenvalue weighted by atomic mass is 10.0. The van der Waals surface area contributed by atoms with Crippen LogP contribution in [0.3, 0.4) is 0 Å². The van der Waals surface area contributed by atoms with E-state index in [2.05, 4.69) is 15.4 Å². The number of carbonyl (C=O) groups excluding carboxylic acids is 1. The standard InChI is InChI=1S/C14H20N4O3S/c1-5-10-7-11(19)18-14(16-10)22-13(17-18)15-9(4)8(3)12(20)21-6-2/h7-9H,5-6H2,1-4H3,(H,15,17)/t8-,9-/m1/s1. The highest BCUT2D eigenvalue weighted by atomic mass is 32.1. The maximum atomic E-state index is 12.0. The number of anilines is 1. The SMILES string of the molecule is CCOC(=O)[C@H](C)[C@@H](C)Nc1nn2c(=O)cc(CC)nc2s1. The predicted octanol–water partition coefficient (Wildman–Crippen LogP) is 1.71. The van der Waals surface area contributed by atoms with Gasteiger partial charge in [-0.2, -0.15) is 4.52 Å². The van der Waals surface area contributed by atoms with Crippen molar-refractivity contribution >= 4 is 27.4 Å². The molecule has 2 heterocycles. The average Bonchev–Trinajstić information content (AvgIpc) is 2.89. The summed E-state index contributed by atoms with van der Waals surface area (Å²) < 4.78 is 6.28. The molecule has 2 atom stereocenters. The van der Waals surface area contributed by atoms with Gasteiger partial charge >= 0.3 is 5.97 Å². The highest BCUT2D eigenvalue weighted by Crippen LogP contribution is 2.19. The van der Waals surface area contributed by atoms with Gasteiger partial charge in [-0.15, -0.1) is 5.10 Å². The fraction of sp³-hybridized carbons (Fsp3) is 0.571. The minimum absolute atomic E-state index is 0.166. The second-order valence-corrected chi connectivity index (χ2v) is 5.97. The molecule has 120 valence electrons. The van der Waals surface area contributed by atoms with Crippen molar-refractivity contribution in [3.8, 4) is 0 Å². The van der Waals surface area contributed by atoms with Gasteiger partial charge in [0.2, 0.25) is 10.1 Å². The van der Waals surface area contributed by atoms with E-state index in [9.17, 15) is 9.59 Å². The van der Waals surface area contributed by atoms with Crippen LogP contribution in [0.2, 0.25) is 0 Å². The molecule has 1 N–H and O–H groups in total. The second-order valence-electron chi connectivity index (χ2n) is 5.01. The first kappa shape index (κ1) is 16.4. The largest absolute Gasteiger partial charge is 0.466 e. The van der Waals surface area contributed by atoms with Gasteiger partial charge in [0.05, 0.1) is 12.5 Å². The van der Waals surface area contributed by atoms with Crippen LogP contribution in [0.1, 0.15) is 33.4 Å². The normalized spacial score (nSPS) is 13.8. The molecular formula is C14H20N4O3S. The highest BCUT2D eigenvalue weighted by Gasteiger charge is 2.22. The van der Waals surface area contributed by atoms with Crippen molar-refractivity contribution in [3.05, 3.63) is 22.1 Å². The van der Waals surface area contributed by atoms with Crippen molar-refractivity contribution in [1.82, 2.24) is 14.6 Å². The summed E-state index contributed by atoms with van der Waals surface area (Å²) in [6.07, 6.45) is 0.697. The van der Waals surface area contributed by atoms with E-state index in [4.69, 9.17) is 4.74 Å². The number of hydrogen-bond acceptors (Lipinski definition) is 7. The van der Waals surface area contributed by atoms with Crippen LogP contribution in [0.25, 0.3) is 4.96 Å². The Balaban J connectivity index is 2.20. The van der Waals surface area contributed by atoms with Crippen LogP contribution in [0.4, 0.5) is 5.13 Å². The minimum Gasteiger partial charge on any atom is -0.466 e. The maximum absolute atomic E-state index is 12.0. The lowest BCUT2D eigenvalue weighted by Gasteiger charge is -2.18. The second kappa shape index (κ2) is 6.87. The summed E-state index contributed by atoms with van der Waals surface area (Å²) in [4.78, 5) is 28.6. The van der Waals surface area contributed by atoms with Crippen molar-refractivity contribution in [3.63, 3.8) is 0 Å². The third-order valence-corrected chi connectivity index (χ3v) is 4.26. The van der Waals surface area contributed by atoms with Gasteiger partial charge in [0.15, 0.2) is 0 Å². The Labute approximate surface area is 132 Å². The van der Waals surface area contributed by atoms with Gasteiger partial charge in [-0.05, 0) is 27.2 Å². The van der Waals surface area contributed by atoms with E-state index in [-0.39, 0.29) is 23.5 Å². The summed E-state index contributed by atoms with van der Waals surface area (Å²) in [6, 6.07) is 1.32. The van der Waals surface area contributed by atoms with E-state index in [0.717, 1.165) is 5.69 Å². The Morgan fingerprint density at radius 2 is 2.18 bits per heavy atom. The fourth-order valence-corrected chi connectivity index (χ4v) is 2.81. The summed E-state index contributed by atoms with van der Waals surface area (Å²) >= 11 is 1.29. The van der Waals surface area contributed by atoms with E-state index in [1.165, 1.54) is 21.9 Å². The maximum Gasteiger partial charge on any atom is 0.310 e. The molecule has 0 spiro atoms. The van der Waals surface area contributed by atoms with Crippen LogP contribution in [0, 0.1) is 5.92 Å². The molecule has 0 aliphatic carbocycles.